The van der Waals surface area contributed by atoms with E-state index in [0.29, 0.717) is 17.8 Å². The van der Waals surface area contributed by atoms with Crippen LogP contribution >= 0.6 is 24.0 Å². The summed E-state index contributed by atoms with van der Waals surface area (Å²) in [5.74, 6) is 1.34. The van der Waals surface area contributed by atoms with Gasteiger partial charge in [-0.15, -0.1) is 24.0 Å². The number of rotatable bonds is 5. The van der Waals surface area contributed by atoms with Crippen LogP contribution in [0.25, 0.3) is 0 Å². The molecule has 2 unspecified atom stereocenters. The second kappa shape index (κ2) is 8.92. The summed E-state index contributed by atoms with van der Waals surface area (Å²) < 4.78 is 36.5. The number of nitrogens with zero attached hydrogens (tertiary/aromatic N) is 1. The van der Waals surface area contributed by atoms with Crippen LogP contribution < -0.4 is 10.6 Å². The summed E-state index contributed by atoms with van der Waals surface area (Å²) in [6, 6.07) is 8.80. The lowest BCUT2D eigenvalue weighted by atomic mass is 10.0. The Morgan fingerprint density at radius 1 is 1.25 bits per heavy atom. The van der Waals surface area contributed by atoms with Gasteiger partial charge in [-0.2, -0.15) is 13.2 Å². The lowest BCUT2D eigenvalue weighted by Gasteiger charge is -2.13. The van der Waals surface area contributed by atoms with Crippen molar-refractivity contribution in [2.24, 2.45) is 4.99 Å². The Hall–Kier alpha value is -0.990. The van der Waals surface area contributed by atoms with E-state index in [2.05, 4.69) is 53.7 Å². The summed E-state index contributed by atoms with van der Waals surface area (Å²) >= 11 is 0. The molecule has 0 aromatic heterocycles. The maximum atomic E-state index is 12.2. The average molecular weight is 455 g/mol. The third-order valence-electron chi connectivity index (χ3n) is 4.07. The number of nitrogens with one attached hydrogen (secondary N) is 2. The zero-order valence-corrected chi connectivity index (χ0v) is 16.5. The normalized spacial score (nSPS) is 20.5. The highest BCUT2D eigenvalue weighted by Gasteiger charge is 2.39. The van der Waals surface area contributed by atoms with Gasteiger partial charge in [0, 0.05) is 25.6 Å². The molecule has 1 aromatic carbocycles. The van der Waals surface area contributed by atoms with E-state index in [9.17, 15) is 13.2 Å². The molecule has 1 fully saturated rings. The van der Waals surface area contributed by atoms with Crippen LogP contribution in [-0.4, -0.2) is 31.8 Å². The Balaban J connectivity index is 0.00000288. The van der Waals surface area contributed by atoms with Gasteiger partial charge in [-0.25, -0.2) is 0 Å². The third kappa shape index (κ3) is 6.49. The van der Waals surface area contributed by atoms with E-state index < -0.39 is 12.6 Å². The Morgan fingerprint density at radius 2 is 1.88 bits per heavy atom. The predicted molar refractivity (Wildman–Crippen MR) is 102 cm³/mol. The smallest absolute Gasteiger partial charge is 0.356 e. The molecule has 24 heavy (non-hydrogen) atoms. The number of benzene rings is 1. The van der Waals surface area contributed by atoms with Crippen molar-refractivity contribution in [3.63, 3.8) is 0 Å². The third-order valence-corrected chi connectivity index (χ3v) is 4.07. The van der Waals surface area contributed by atoms with Crippen molar-refractivity contribution in [2.75, 3.05) is 13.6 Å². The van der Waals surface area contributed by atoms with E-state index in [1.54, 1.807) is 7.05 Å². The fourth-order valence-electron chi connectivity index (χ4n) is 2.54. The van der Waals surface area contributed by atoms with Gasteiger partial charge in [-0.3, -0.25) is 4.99 Å². The molecule has 0 spiro atoms. The molecule has 3 nitrogen and oxygen atoms in total. The van der Waals surface area contributed by atoms with Crippen LogP contribution in [0.4, 0.5) is 13.2 Å². The van der Waals surface area contributed by atoms with Gasteiger partial charge in [0.1, 0.15) is 0 Å². The molecule has 0 bridgehead atoms. The first-order chi connectivity index (χ1) is 10.8. The fourth-order valence-corrected chi connectivity index (χ4v) is 2.54. The Morgan fingerprint density at radius 3 is 2.38 bits per heavy atom. The molecule has 1 aromatic rings. The van der Waals surface area contributed by atoms with Crippen LogP contribution in [0.3, 0.4) is 0 Å². The minimum atomic E-state index is -4.15. The molecule has 2 N–H and O–H groups in total. The maximum absolute atomic E-state index is 12.2. The molecule has 1 aliphatic carbocycles. The van der Waals surface area contributed by atoms with E-state index in [0.717, 1.165) is 6.42 Å². The molecule has 0 radical (unpaired) electrons. The largest absolute Gasteiger partial charge is 0.390 e. The number of aliphatic imine (C=N–C) groups is 1. The molecule has 0 saturated heterocycles. The quantitative estimate of drug-likeness (QED) is 0.393. The highest BCUT2D eigenvalue weighted by atomic mass is 127. The lowest BCUT2D eigenvalue weighted by Crippen LogP contribution is -2.40. The summed E-state index contributed by atoms with van der Waals surface area (Å²) in [6.45, 7) is 4.16. The van der Waals surface area contributed by atoms with Gasteiger partial charge in [0.25, 0.3) is 0 Å². The number of guanidine groups is 1. The van der Waals surface area contributed by atoms with Crippen LogP contribution in [0.1, 0.15) is 49.7 Å². The van der Waals surface area contributed by atoms with Crippen molar-refractivity contribution >= 4 is 29.9 Å². The molecule has 7 heteroatoms. The van der Waals surface area contributed by atoms with Crippen molar-refractivity contribution in [1.82, 2.24) is 10.6 Å². The van der Waals surface area contributed by atoms with E-state index >= 15 is 0 Å². The van der Waals surface area contributed by atoms with Crippen molar-refractivity contribution in [3.05, 3.63) is 35.4 Å². The van der Waals surface area contributed by atoms with Crippen molar-refractivity contribution in [2.45, 2.75) is 50.7 Å². The van der Waals surface area contributed by atoms with Crippen LogP contribution in [0.5, 0.6) is 0 Å². The first-order valence-electron chi connectivity index (χ1n) is 7.94. The number of hydrogen-bond donors (Lipinski definition) is 2. The number of halogens is 4. The topological polar surface area (TPSA) is 36.4 Å². The first-order valence-corrected chi connectivity index (χ1v) is 7.94. The summed E-state index contributed by atoms with van der Waals surface area (Å²) in [4.78, 5) is 3.98. The summed E-state index contributed by atoms with van der Waals surface area (Å²) in [6.07, 6.45) is -4.04. The lowest BCUT2D eigenvalue weighted by molar-refractivity contribution is -0.132. The van der Waals surface area contributed by atoms with Gasteiger partial charge >= 0.3 is 6.18 Å². The molecule has 0 amide bonds. The highest BCUT2D eigenvalue weighted by Crippen LogP contribution is 2.41. The number of hydrogen-bond acceptors (Lipinski definition) is 1. The van der Waals surface area contributed by atoms with Gasteiger partial charge in [0.15, 0.2) is 5.96 Å². The van der Waals surface area contributed by atoms with E-state index in [4.69, 9.17) is 0 Å². The van der Waals surface area contributed by atoms with Gasteiger partial charge in [0.05, 0.1) is 6.42 Å². The van der Waals surface area contributed by atoms with Gasteiger partial charge in [0.2, 0.25) is 0 Å². The molecule has 2 atom stereocenters. The van der Waals surface area contributed by atoms with Crippen LogP contribution in [0.2, 0.25) is 0 Å². The van der Waals surface area contributed by atoms with Crippen LogP contribution in [0.15, 0.2) is 29.3 Å². The van der Waals surface area contributed by atoms with Gasteiger partial charge in [-0.1, -0.05) is 38.1 Å². The minimum Gasteiger partial charge on any atom is -0.356 e. The Labute approximate surface area is 158 Å². The van der Waals surface area contributed by atoms with Crippen molar-refractivity contribution < 1.29 is 13.2 Å². The van der Waals surface area contributed by atoms with Crippen LogP contribution in [0, 0.1) is 0 Å². The second-order valence-electron chi connectivity index (χ2n) is 6.28. The number of alkyl halides is 3. The summed E-state index contributed by atoms with van der Waals surface area (Å²) in [5.41, 5.74) is 2.57. The van der Waals surface area contributed by atoms with Crippen LogP contribution in [-0.2, 0) is 0 Å². The second-order valence-corrected chi connectivity index (χ2v) is 6.28. The predicted octanol–water partition coefficient (Wildman–Crippen LogP) is 4.40. The summed E-state index contributed by atoms with van der Waals surface area (Å²) in [5, 5.41) is 5.90. The molecule has 1 saturated carbocycles. The molecule has 0 heterocycles. The standard InChI is InChI=1S/C17H24F3N3.HI/c1-11(2)12-4-6-13(7-5-12)14-10-15(14)23-16(21-3)22-9-8-17(18,19)20;/h4-7,11,14-15H,8-10H2,1-3H3,(H2,21,22,23);1H. The molecule has 1 aliphatic rings. The molecule has 0 aliphatic heterocycles. The zero-order chi connectivity index (χ0) is 17.0. The molecular weight excluding hydrogens is 430 g/mol. The Kier molecular flexibility index (Phi) is 7.82. The van der Waals surface area contributed by atoms with Gasteiger partial charge in [-0.05, 0) is 23.5 Å². The maximum Gasteiger partial charge on any atom is 0.390 e. The van der Waals surface area contributed by atoms with Crippen molar-refractivity contribution in [1.29, 1.82) is 0 Å². The van der Waals surface area contributed by atoms with Crippen molar-refractivity contribution in [3.8, 4) is 0 Å². The minimum absolute atomic E-state index is 0. The molecule has 136 valence electrons. The highest BCUT2D eigenvalue weighted by molar-refractivity contribution is 14.0. The monoisotopic (exact) mass is 455 g/mol. The average Bonchev–Trinajstić information content (AvgIpc) is 3.24. The zero-order valence-electron chi connectivity index (χ0n) is 14.2. The first kappa shape index (κ1) is 21.1. The SMILES string of the molecule is CN=C(NCCC(F)(F)F)NC1CC1c1ccc(C(C)C)cc1.I. The molecular formula is C17H25F3IN3. The van der Waals surface area contributed by atoms with E-state index in [1.807, 2.05) is 0 Å². The molecule has 2 rings (SSSR count). The Bertz CT molecular complexity index is 541. The fraction of sp³-hybridized carbons (Fsp3) is 0.588. The van der Waals surface area contributed by atoms with E-state index in [1.165, 1.54) is 11.1 Å². The van der Waals surface area contributed by atoms with E-state index in [-0.39, 0.29) is 36.6 Å². The van der Waals surface area contributed by atoms with Gasteiger partial charge < -0.3 is 10.6 Å². The summed E-state index contributed by atoms with van der Waals surface area (Å²) in [7, 11) is 1.57.